The number of rotatable bonds is 3. The Hall–Kier alpha value is -2.37. The molecule has 0 saturated heterocycles. The first-order valence-electron chi connectivity index (χ1n) is 7.74. The fraction of sp³-hybridized carbons (Fsp3) is 0.412. The minimum Gasteiger partial charge on any atom is -0.468 e. The second kappa shape index (κ2) is 6.40. The summed E-state index contributed by atoms with van der Waals surface area (Å²) >= 11 is 0. The molecule has 1 atom stereocenters. The molecule has 2 aromatic heterocycles. The van der Waals surface area contributed by atoms with Gasteiger partial charge >= 0.3 is 0 Å². The van der Waals surface area contributed by atoms with Crippen LogP contribution in [0.2, 0.25) is 0 Å². The number of hydrogen-bond donors (Lipinski definition) is 0. The summed E-state index contributed by atoms with van der Waals surface area (Å²) in [5.41, 5.74) is 1.05. The molecule has 2 aromatic rings. The predicted octanol–water partition coefficient (Wildman–Crippen LogP) is 2.47. The van der Waals surface area contributed by atoms with E-state index >= 15 is 0 Å². The molecule has 0 aromatic carbocycles. The highest BCUT2D eigenvalue weighted by molar-refractivity contribution is 5.78. The lowest BCUT2D eigenvalue weighted by atomic mass is 10.1. The van der Waals surface area contributed by atoms with Gasteiger partial charge in [-0.1, -0.05) is 13.8 Å². The van der Waals surface area contributed by atoms with E-state index in [9.17, 15) is 9.18 Å². The van der Waals surface area contributed by atoms with Crippen LogP contribution in [-0.2, 0) is 17.9 Å². The van der Waals surface area contributed by atoms with Crippen molar-refractivity contribution in [3.8, 4) is 5.88 Å². The molecule has 23 heavy (non-hydrogen) atoms. The minimum atomic E-state index is -0.494. The number of ether oxygens (including phenoxy) is 1. The zero-order valence-electron chi connectivity index (χ0n) is 13.3. The summed E-state index contributed by atoms with van der Waals surface area (Å²) in [7, 11) is 0. The predicted molar refractivity (Wildman–Crippen MR) is 83.3 cm³/mol. The molecule has 1 aliphatic heterocycles. The number of amides is 1. The zero-order chi connectivity index (χ0) is 16.4. The van der Waals surface area contributed by atoms with Crippen LogP contribution in [0.1, 0.15) is 19.5 Å². The highest BCUT2D eigenvalue weighted by atomic mass is 19.1. The molecular weight excluding hydrogens is 297 g/mol. The van der Waals surface area contributed by atoms with E-state index in [1.807, 2.05) is 36.7 Å². The first-order chi connectivity index (χ1) is 11.0. The van der Waals surface area contributed by atoms with E-state index < -0.39 is 5.82 Å². The molecule has 122 valence electrons. The maximum Gasteiger partial charge on any atom is 0.250 e. The number of fused-ring (bicyclic) bond motifs is 1. The van der Waals surface area contributed by atoms with Crippen molar-refractivity contribution in [3.63, 3.8) is 0 Å². The molecule has 1 aliphatic rings. The van der Waals surface area contributed by atoms with Gasteiger partial charge in [-0.2, -0.15) is 0 Å². The van der Waals surface area contributed by atoms with Crippen molar-refractivity contribution in [1.29, 1.82) is 0 Å². The smallest absolute Gasteiger partial charge is 0.250 e. The Kier molecular flexibility index (Phi) is 4.32. The highest BCUT2D eigenvalue weighted by Gasteiger charge is 2.27. The molecule has 0 bridgehead atoms. The van der Waals surface area contributed by atoms with E-state index in [4.69, 9.17) is 4.74 Å². The third-order valence-corrected chi connectivity index (χ3v) is 3.91. The maximum atomic E-state index is 13.8. The van der Waals surface area contributed by atoms with Gasteiger partial charge in [0.05, 0.1) is 19.6 Å². The van der Waals surface area contributed by atoms with Crippen LogP contribution in [0.4, 0.5) is 4.39 Å². The van der Waals surface area contributed by atoms with Crippen LogP contribution in [0, 0.1) is 11.7 Å². The van der Waals surface area contributed by atoms with E-state index in [1.165, 1.54) is 18.3 Å². The Morgan fingerprint density at radius 2 is 2.17 bits per heavy atom. The van der Waals surface area contributed by atoms with Crippen LogP contribution >= 0.6 is 0 Å². The summed E-state index contributed by atoms with van der Waals surface area (Å²) in [6, 6.07) is 6.77. The summed E-state index contributed by atoms with van der Waals surface area (Å²) in [5.74, 6) is -0.547. The van der Waals surface area contributed by atoms with Gasteiger partial charge in [-0.25, -0.2) is 9.37 Å². The van der Waals surface area contributed by atoms with Crippen LogP contribution in [0.15, 0.2) is 36.7 Å². The van der Waals surface area contributed by atoms with Crippen LogP contribution in [0.25, 0.3) is 0 Å². The Bertz CT molecular complexity index is 699. The number of carbonyl (C=O) groups excluding carboxylic acids is 1. The second-order valence-corrected chi connectivity index (χ2v) is 6.06. The average molecular weight is 317 g/mol. The molecule has 1 amide bonds. The number of carbonyl (C=O) groups is 1. The standard InChI is InChI=1S/C17H20FN3O2/c1-12(2)17(22)21-9-13-5-4-8-20(13)10-14(11-21)23-16-15(18)6-3-7-19-16/h3-8,12,14H,9-11H2,1-2H3/t14-/m0/s1. The van der Waals surface area contributed by atoms with Gasteiger partial charge in [-0.05, 0) is 24.3 Å². The van der Waals surface area contributed by atoms with Crippen LogP contribution in [-0.4, -0.2) is 33.0 Å². The molecule has 0 radical (unpaired) electrons. The number of nitrogens with zero attached hydrogens (tertiary/aromatic N) is 3. The van der Waals surface area contributed by atoms with Crippen LogP contribution in [0.3, 0.4) is 0 Å². The first kappa shape index (κ1) is 15.5. The lowest BCUT2D eigenvalue weighted by molar-refractivity contribution is -0.136. The average Bonchev–Trinajstić information content (AvgIpc) is 2.87. The lowest BCUT2D eigenvalue weighted by Crippen LogP contribution is -2.40. The molecule has 0 spiro atoms. The number of hydrogen-bond acceptors (Lipinski definition) is 3. The van der Waals surface area contributed by atoms with E-state index in [-0.39, 0.29) is 23.8 Å². The van der Waals surface area contributed by atoms with Crippen LogP contribution in [0.5, 0.6) is 5.88 Å². The fourth-order valence-corrected chi connectivity index (χ4v) is 2.78. The summed E-state index contributed by atoms with van der Waals surface area (Å²) in [6.07, 6.45) is 3.09. The third-order valence-electron chi connectivity index (χ3n) is 3.91. The lowest BCUT2D eigenvalue weighted by Gasteiger charge is -2.26. The monoisotopic (exact) mass is 317 g/mol. The van der Waals surface area contributed by atoms with E-state index in [0.717, 1.165) is 5.69 Å². The van der Waals surface area contributed by atoms with Crippen molar-refractivity contribution in [2.75, 3.05) is 6.54 Å². The van der Waals surface area contributed by atoms with Crippen molar-refractivity contribution < 1.29 is 13.9 Å². The summed E-state index contributed by atoms with van der Waals surface area (Å²) in [5, 5.41) is 0. The van der Waals surface area contributed by atoms with E-state index in [0.29, 0.717) is 19.6 Å². The molecule has 3 heterocycles. The zero-order valence-corrected chi connectivity index (χ0v) is 13.3. The Balaban J connectivity index is 1.85. The molecular formula is C17H20FN3O2. The van der Waals surface area contributed by atoms with Gasteiger partial charge in [0.1, 0.15) is 6.10 Å². The number of aromatic nitrogens is 2. The van der Waals surface area contributed by atoms with Gasteiger partial charge in [0.15, 0.2) is 5.82 Å². The highest BCUT2D eigenvalue weighted by Crippen LogP contribution is 2.20. The molecule has 6 heteroatoms. The number of halogens is 1. The summed E-state index contributed by atoms with van der Waals surface area (Å²) in [4.78, 5) is 18.1. The molecule has 0 fully saturated rings. The Labute approximate surface area is 134 Å². The summed E-state index contributed by atoms with van der Waals surface area (Å²) < 4.78 is 21.6. The Morgan fingerprint density at radius 1 is 1.35 bits per heavy atom. The Morgan fingerprint density at radius 3 is 2.91 bits per heavy atom. The van der Waals surface area contributed by atoms with E-state index in [1.54, 1.807) is 4.90 Å². The van der Waals surface area contributed by atoms with E-state index in [2.05, 4.69) is 4.98 Å². The largest absolute Gasteiger partial charge is 0.468 e. The molecule has 0 aliphatic carbocycles. The quantitative estimate of drug-likeness (QED) is 0.874. The van der Waals surface area contributed by atoms with Gasteiger partial charge in [-0.15, -0.1) is 0 Å². The molecule has 3 rings (SSSR count). The van der Waals surface area contributed by atoms with Crippen molar-refractivity contribution in [2.24, 2.45) is 5.92 Å². The number of pyridine rings is 1. The van der Waals surface area contributed by atoms with Crippen molar-refractivity contribution in [3.05, 3.63) is 48.2 Å². The topological polar surface area (TPSA) is 47.4 Å². The third kappa shape index (κ3) is 3.36. The fourth-order valence-electron chi connectivity index (χ4n) is 2.78. The van der Waals surface area contributed by atoms with Gasteiger partial charge in [0.25, 0.3) is 5.88 Å². The van der Waals surface area contributed by atoms with Gasteiger partial charge in [0.2, 0.25) is 5.91 Å². The van der Waals surface area contributed by atoms with Gasteiger partial charge < -0.3 is 14.2 Å². The van der Waals surface area contributed by atoms with Crippen molar-refractivity contribution in [2.45, 2.75) is 33.0 Å². The molecule has 0 saturated carbocycles. The van der Waals surface area contributed by atoms with Gasteiger partial charge in [0, 0.05) is 24.0 Å². The normalized spacial score (nSPS) is 17.7. The maximum absolute atomic E-state index is 13.8. The first-order valence-corrected chi connectivity index (χ1v) is 7.74. The van der Waals surface area contributed by atoms with Gasteiger partial charge in [-0.3, -0.25) is 4.79 Å². The van der Waals surface area contributed by atoms with Crippen LogP contribution < -0.4 is 4.74 Å². The molecule has 0 N–H and O–H groups in total. The second-order valence-electron chi connectivity index (χ2n) is 6.06. The van der Waals surface area contributed by atoms with Crippen molar-refractivity contribution in [1.82, 2.24) is 14.5 Å². The van der Waals surface area contributed by atoms with Crippen molar-refractivity contribution >= 4 is 5.91 Å². The minimum absolute atomic E-state index is 0.0231. The SMILES string of the molecule is CC(C)C(=O)N1Cc2cccn2C[C@H](Oc2ncccc2F)C1. The molecule has 5 nitrogen and oxygen atoms in total. The summed E-state index contributed by atoms with van der Waals surface area (Å²) in [6.45, 7) is 5.25. The molecule has 0 unspecified atom stereocenters.